The fraction of sp³-hybridized carbons (Fsp3) is 0.391. The number of hydrogen-bond acceptors (Lipinski definition) is 3. The molecule has 0 saturated heterocycles. The van der Waals surface area contributed by atoms with Crippen molar-refractivity contribution in [2.24, 2.45) is 4.99 Å². The molecule has 0 atom stereocenters. The largest absolute Gasteiger partial charge is 0.488 e. The number of rotatable bonds is 7. The van der Waals surface area contributed by atoms with Crippen LogP contribution < -0.4 is 20.7 Å². The molecule has 0 fully saturated rings. The molecule has 0 unspecified atom stereocenters. The third-order valence-corrected chi connectivity index (χ3v) is 4.04. The van der Waals surface area contributed by atoms with E-state index in [4.69, 9.17) is 4.74 Å². The van der Waals surface area contributed by atoms with Gasteiger partial charge in [-0.25, -0.2) is 0 Å². The van der Waals surface area contributed by atoms with Crippen LogP contribution in [-0.4, -0.2) is 31.1 Å². The van der Waals surface area contributed by atoms with Crippen molar-refractivity contribution in [3.8, 4) is 5.75 Å². The monoisotopic (exact) mass is 524 g/mol. The first kappa shape index (κ1) is 25.7. The minimum atomic E-state index is -0.245. The van der Waals surface area contributed by atoms with Crippen LogP contribution in [0.1, 0.15) is 38.8 Å². The van der Waals surface area contributed by atoms with Gasteiger partial charge in [-0.05, 0) is 51.0 Å². The third kappa shape index (κ3) is 9.47. The van der Waals surface area contributed by atoms with Gasteiger partial charge in [-0.2, -0.15) is 0 Å². The Bertz CT molecular complexity index is 830. The number of anilines is 1. The van der Waals surface area contributed by atoms with E-state index in [0.717, 1.165) is 35.9 Å². The highest BCUT2D eigenvalue weighted by Crippen LogP contribution is 2.22. The average molecular weight is 524 g/mol. The van der Waals surface area contributed by atoms with Crippen LogP contribution in [0.3, 0.4) is 0 Å². The molecule has 1 amide bonds. The number of hydrogen-bond donors (Lipinski definition) is 3. The summed E-state index contributed by atoms with van der Waals surface area (Å²) < 4.78 is 6.04. The highest BCUT2D eigenvalue weighted by atomic mass is 127. The quantitative estimate of drug-likeness (QED) is 0.286. The number of ether oxygens (including phenoxy) is 1. The van der Waals surface area contributed by atoms with Crippen molar-refractivity contribution in [1.82, 2.24) is 10.6 Å². The van der Waals surface area contributed by atoms with Crippen LogP contribution in [-0.2, 0) is 17.8 Å². The lowest BCUT2D eigenvalue weighted by Gasteiger charge is -2.23. The van der Waals surface area contributed by atoms with E-state index < -0.39 is 0 Å². The summed E-state index contributed by atoms with van der Waals surface area (Å²) in [6, 6.07) is 15.9. The van der Waals surface area contributed by atoms with E-state index in [1.807, 2.05) is 63.2 Å². The van der Waals surface area contributed by atoms with Gasteiger partial charge in [-0.1, -0.05) is 30.3 Å². The molecule has 30 heavy (non-hydrogen) atoms. The maximum absolute atomic E-state index is 11.1. The lowest BCUT2D eigenvalue weighted by atomic mass is 10.1. The van der Waals surface area contributed by atoms with Gasteiger partial charge in [0.1, 0.15) is 11.4 Å². The van der Waals surface area contributed by atoms with Crippen molar-refractivity contribution < 1.29 is 9.53 Å². The molecule has 2 aromatic carbocycles. The number of carbonyl (C=O) groups is 1. The summed E-state index contributed by atoms with van der Waals surface area (Å²) in [5.41, 5.74) is 2.83. The summed E-state index contributed by atoms with van der Waals surface area (Å²) in [6.07, 6.45) is 0.852. The molecule has 0 saturated carbocycles. The molecule has 0 heterocycles. The van der Waals surface area contributed by atoms with Gasteiger partial charge in [-0.3, -0.25) is 9.79 Å². The summed E-state index contributed by atoms with van der Waals surface area (Å²) in [4.78, 5) is 15.4. The van der Waals surface area contributed by atoms with Crippen molar-refractivity contribution in [3.05, 3.63) is 59.7 Å². The Labute approximate surface area is 196 Å². The summed E-state index contributed by atoms with van der Waals surface area (Å²) in [5, 5.41) is 9.44. The normalized spacial score (nSPS) is 11.3. The van der Waals surface area contributed by atoms with Gasteiger partial charge in [0, 0.05) is 38.3 Å². The van der Waals surface area contributed by atoms with Gasteiger partial charge in [-0.15, -0.1) is 24.0 Å². The van der Waals surface area contributed by atoms with Gasteiger partial charge in [0.15, 0.2) is 5.96 Å². The first-order valence-corrected chi connectivity index (χ1v) is 9.85. The van der Waals surface area contributed by atoms with E-state index in [9.17, 15) is 4.79 Å². The second-order valence-corrected chi connectivity index (χ2v) is 7.80. The van der Waals surface area contributed by atoms with Crippen LogP contribution in [0.4, 0.5) is 5.69 Å². The Morgan fingerprint density at radius 2 is 1.70 bits per heavy atom. The van der Waals surface area contributed by atoms with Gasteiger partial charge in [0.25, 0.3) is 0 Å². The summed E-state index contributed by atoms with van der Waals surface area (Å²) >= 11 is 0. The molecule has 0 spiro atoms. The SMILES string of the molecule is CN=C(NCCc1ccc(NC(C)=O)cc1)NCc1ccccc1OC(C)(C)C.I. The molecule has 3 N–H and O–H groups in total. The molecule has 2 aromatic rings. The summed E-state index contributed by atoms with van der Waals surface area (Å²) in [7, 11) is 1.76. The number of amides is 1. The number of benzene rings is 2. The molecule has 0 aliphatic rings. The predicted molar refractivity (Wildman–Crippen MR) is 135 cm³/mol. The number of guanidine groups is 1. The summed E-state index contributed by atoms with van der Waals surface area (Å²) in [5.74, 6) is 1.55. The third-order valence-electron chi connectivity index (χ3n) is 4.04. The molecular weight excluding hydrogens is 491 g/mol. The highest BCUT2D eigenvalue weighted by molar-refractivity contribution is 14.0. The van der Waals surface area contributed by atoms with Gasteiger partial charge >= 0.3 is 0 Å². The number of aliphatic imine (C=N–C) groups is 1. The zero-order valence-electron chi connectivity index (χ0n) is 18.4. The molecule has 6 nitrogen and oxygen atoms in total. The number of nitrogens with zero attached hydrogens (tertiary/aromatic N) is 1. The van der Waals surface area contributed by atoms with Crippen molar-refractivity contribution >= 4 is 41.5 Å². The van der Waals surface area contributed by atoms with Gasteiger partial charge in [0.05, 0.1) is 0 Å². The molecule has 0 radical (unpaired) electrons. The average Bonchev–Trinajstić information content (AvgIpc) is 2.65. The minimum Gasteiger partial charge on any atom is -0.488 e. The Morgan fingerprint density at radius 1 is 1.03 bits per heavy atom. The topological polar surface area (TPSA) is 74.8 Å². The van der Waals surface area contributed by atoms with Crippen LogP contribution in [0.5, 0.6) is 5.75 Å². The van der Waals surface area contributed by atoms with Crippen LogP contribution in [0.15, 0.2) is 53.5 Å². The van der Waals surface area contributed by atoms with Gasteiger partial charge in [0.2, 0.25) is 5.91 Å². The molecule has 0 aliphatic heterocycles. The Hall–Kier alpha value is -2.29. The fourth-order valence-electron chi connectivity index (χ4n) is 2.76. The first-order valence-electron chi connectivity index (χ1n) is 9.85. The van der Waals surface area contributed by atoms with Crippen LogP contribution in [0.2, 0.25) is 0 Å². The first-order chi connectivity index (χ1) is 13.8. The van der Waals surface area contributed by atoms with Crippen molar-refractivity contribution in [2.45, 2.75) is 46.3 Å². The van der Waals surface area contributed by atoms with E-state index >= 15 is 0 Å². The van der Waals surface area contributed by atoms with Crippen LogP contribution in [0, 0.1) is 0 Å². The second kappa shape index (κ2) is 12.4. The maximum atomic E-state index is 11.1. The molecular formula is C23H33IN4O2. The van der Waals surface area contributed by atoms with Crippen molar-refractivity contribution in [1.29, 1.82) is 0 Å². The standard InChI is InChI=1S/C23H32N4O2.HI/c1-17(28)27-20-12-10-18(11-13-20)14-15-25-22(24-5)26-16-19-8-6-7-9-21(19)29-23(2,3)4;/h6-13H,14-16H2,1-5H3,(H,27,28)(H2,24,25,26);1H. The maximum Gasteiger partial charge on any atom is 0.221 e. The van der Waals surface area contributed by atoms with Crippen molar-refractivity contribution in [3.63, 3.8) is 0 Å². The van der Waals surface area contributed by atoms with Crippen LogP contribution in [0.25, 0.3) is 0 Å². The van der Waals surface area contributed by atoms with E-state index in [2.05, 4.69) is 27.0 Å². The summed E-state index contributed by atoms with van der Waals surface area (Å²) in [6.45, 7) is 9.00. The van der Waals surface area contributed by atoms with E-state index in [0.29, 0.717) is 6.54 Å². The molecule has 7 heteroatoms. The molecule has 2 rings (SSSR count). The smallest absolute Gasteiger partial charge is 0.221 e. The van der Waals surface area contributed by atoms with E-state index in [1.54, 1.807) is 7.05 Å². The van der Waals surface area contributed by atoms with E-state index in [-0.39, 0.29) is 35.5 Å². The van der Waals surface area contributed by atoms with E-state index in [1.165, 1.54) is 12.5 Å². The Kier molecular flexibility index (Phi) is 10.7. The Morgan fingerprint density at radius 3 is 2.30 bits per heavy atom. The lowest BCUT2D eigenvalue weighted by molar-refractivity contribution is -0.114. The zero-order valence-corrected chi connectivity index (χ0v) is 20.7. The molecule has 164 valence electrons. The lowest BCUT2D eigenvalue weighted by Crippen LogP contribution is -2.38. The minimum absolute atomic E-state index is 0. The fourth-order valence-corrected chi connectivity index (χ4v) is 2.76. The second-order valence-electron chi connectivity index (χ2n) is 7.80. The van der Waals surface area contributed by atoms with Crippen molar-refractivity contribution in [2.75, 3.05) is 18.9 Å². The zero-order chi connectivity index (χ0) is 21.3. The number of halogens is 1. The molecule has 0 bridgehead atoms. The van der Waals surface area contributed by atoms with Crippen LogP contribution >= 0.6 is 24.0 Å². The molecule has 0 aromatic heterocycles. The number of carbonyl (C=O) groups excluding carboxylic acids is 1. The molecule has 0 aliphatic carbocycles. The Balaban J connectivity index is 0.00000450. The number of nitrogens with one attached hydrogen (secondary N) is 3. The predicted octanol–water partition coefficient (Wildman–Crippen LogP) is 4.35. The van der Waals surface area contributed by atoms with Gasteiger partial charge < -0.3 is 20.7 Å². The number of para-hydroxylation sites is 1. The highest BCUT2D eigenvalue weighted by Gasteiger charge is 2.14.